The fourth-order valence-corrected chi connectivity index (χ4v) is 3.72. The minimum Gasteiger partial charge on any atom is -0.493 e. The van der Waals surface area contributed by atoms with Crippen molar-refractivity contribution in [1.82, 2.24) is 8.61 Å². The molecule has 1 saturated heterocycles. The van der Waals surface area contributed by atoms with E-state index in [2.05, 4.69) is 0 Å². The summed E-state index contributed by atoms with van der Waals surface area (Å²) in [7, 11) is -0.343. The van der Waals surface area contributed by atoms with Crippen molar-refractivity contribution < 1.29 is 22.6 Å². The molecule has 0 radical (unpaired) electrons. The lowest BCUT2D eigenvalue weighted by atomic mass is 10.2. The predicted octanol–water partition coefficient (Wildman–Crippen LogP) is 1.10. The third kappa shape index (κ3) is 4.35. The van der Waals surface area contributed by atoms with E-state index in [0.717, 1.165) is 5.56 Å². The highest BCUT2D eigenvalue weighted by Gasteiger charge is 2.28. The molecule has 2 rings (SSSR count). The molecule has 23 heavy (non-hydrogen) atoms. The van der Waals surface area contributed by atoms with E-state index >= 15 is 0 Å². The van der Waals surface area contributed by atoms with Gasteiger partial charge in [-0.15, -0.1) is 0 Å². The second-order valence-electron chi connectivity index (χ2n) is 5.19. The first-order valence-electron chi connectivity index (χ1n) is 7.58. The van der Waals surface area contributed by atoms with Gasteiger partial charge >= 0.3 is 0 Å². The molecule has 0 atom stereocenters. The van der Waals surface area contributed by atoms with Crippen LogP contribution in [0.2, 0.25) is 0 Å². The van der Waals surface area contributed by atoms with E-state index in [1.54, 1.807) is 26.3 Å². The van der Waals surface area contributed by atoms with Crippen molar-refractivity contribution in [3.8, 4) is 11.5 Å². The van der Waals surface area contributed by atoms with Gasteiger partial charge in [0.1, 0.15) is 0 Å². The second kappa shape index (κ2) is 7.96. The maximum Gasteiger partial charge on any atom is 0.282 e. The molecule has 0 saturated carbocycles. The minimum absolute atomic E-state index is 0.266. The molecule has 0 N–H and O–H groups in total. The quantitative estimate of drug-likeness (QED) is 0.741. The molecule has 1 aliphatic heterocycles. The molecule has 130 valence electrons. The van der Waals surface area contributed by atoms with Crippen LogP contribution >= 0.6 is 0 Å². The average Bonchev–Trinajstić information content (AvgIpc) is 2.57. The SMILES string of the molecule is CCOc1ccc(CN(C)S(=O)(=O)N2CCOCC2)cc1OC. The summed E-state index contributed by atoms with van der Waals surface area (Å²) in [6.45, 7) is 4.35. The van der Waals surface area contributed by atoms with Gasteiger partial charge in [0.15, 0.2) is 11.5 Å². The molecule has 0 spiro atoms. The van der Waals surface area contributed by atoms with Gasteiger partial charge < -0.3 is 14.2 Å². The molecule has 0 aliphatic carbocycles. The number of hydrogen-bond donors (Lipinski definition) is 0. The van der Waals surface area contributed by atoms with Crippen LogP contribution in [0, 0.1) is 0 Å². The molecule has 0 amide bonds. The Kier molecular flexibility index (Phi) is 6.23. The number of rotatable bonds is 7. The molecule has 0 bridgehead atoms. The molecular weight excluding hydrogens is 320 g/mol. The predicted molar refractivity (Wildman–Crippen MR) is 86.9 cm³/mol. The Labute approximate surface area is 137 Å². The van der Waals surface area contributed by atoms with Crippen molar-refractivity contribution in [2.45, 2.75) is 13.5 Å². The van der Waals surface area contributed by atoms with E-state index < -0.39 is 10.2 Å². The Morgan fingerprint density at radius 1 is 1.26 bits per heavy atom. The normalized spacial score (nSPS) is 16.5. The van der Waals surface area contributed by atoms with Gasteiger partial charge in [0.05, 0.1) is 26.9 Å². The van der Waals surface area contributed by atoms with Crippen LogP contribution in [0.3, 0.4) is 0 Å². The van der Waals surface area contributed by atoms with Crippen LogP contribution in [0.5, 0.6) is 11.5 Å². The summed E-state index contributed by atoms with van der Waals surface area (Å²) in [4.78, 5) is 0. The lowest BCUT2D eigenvalue weighted by molar-refractivity contribution is 0.0705. The highest BCUT2D eigenvalue weighted by atomic mass is 32.2. The molecule has 0 unspecified atom stereocenters. The van der Waals surface area contributed by atoms with Crippen molar-refractivity contribution in [2.24, 2.45) is 0 Å². The van der Waals surface area contributed by atoms with Crippen molar-refractivity contribution in [1.29, 1.82) is 0 Å². The molecule has 1 aromatic carbocycles. The first-order valence-corrected chi connectivity index (χ1v) is 8.97. The largest absolute Gasteiger partial charge is 0.493 e. The van der Waals surface area contributed by atoms with Crippen molar-refractivity contribution in [3.63, 3.8) is 0 Å². The summed E-state index contributed by atoms with van der Waals surface area (Å²) in [6, 6.07) is 5.45. The highest BCUT2D eigenvalue weighted by Crippen LogP contribution is 2.28. The van der Waals surface area contributed by atoms with Crippen LogP contribution in [-0.4, -0.2) is 64.1 Å². The molecule has 8 heteroatoms. The first kappa shape index (κ1) is 18.0. The third-order valence-corrected chi connectivity index (χ3v) is 5.56. The Morgan fingerprint density at radius 2 is 1.96 bits per heavy atom. The Bertz CT molecular complexity index is 614. The highest BCUT2D eigenvalue weighted by molar-refractivity contribution is 7.86. The van der Waals surface area contributed by atoms with E-state index in [0.29, 0.717) is 44.4 Å². The van der Waals surface area contributed by atoms with E-state index in [4.69, 9.17) is 14.2 Å². The summed E-state index contributed by atoms with van der Waals surface area (Å²) < 4.78 is 43.9. The van der Waals surface area contributed by atoms with Gasteiger partial charge in [-0.25, -0.2) is 0 Å². The topological polar surface area (TPSA) is 68.3 Å². The Morgan fingerprint density at radius 3 is 2.57 bits per heavy atom. The second-order valence-corrected chi connectivity index (χ2v) is 7.23. The van der Waals surface area contributed by atoms with Gasteiger partial charge in [0.25, 0.3) is 10.2 Å². The van der Waals surface area contributed by atoms with Gasteiger partial charge in [0, 0.05) is 26.7 Å². The van der Waals surface area contributed by atoms with Gasteiger partial charge in [-0.2, -0.15) is 17.0 Å². The number of ether oxygens (including phenoxy) is 3. The molecule has 0 aromatic heterocycles. The number of methoxy groups -OCH3 is 1. The summed E-state index contributed by atoms with van der Waals surface area (Å²) in [5.41, 5.74) is 0.838. The zero-order valence-electron chi connectivity index (χ0n) is 13.8. The minimum atomic E-state index is -3.49. The number of benzene rings is 1. The van der Waals surface area contributed by atoms with Crippen molar-refractivity contribution in [3.05, 3.63) is 23.8 Å². The molecular formula is C15H24N2O5S. The first-order chi connectivity index (χ1) is 11.0. The third-order valence-electron chi connectivity index (χ3n) is 3.62. The lowest BCUT2D eigenvalue weighted by Gasteiger charge is -2.30. The summed E-state index contributed by atoms with van der Waals surface area (Å²) in [6.07, 6.45) is 0. The van der Waals surface area contributed by atoms with Crippen LogP contribution < -0.4 is 9.47 Å². The van der Waals surface area contributed by atoms with Crippen LogP contribution in [0.1, 0.15) is 12.5 Å². The Balaban J connectivity index is 2.11. The monoisotopic (exact) mass is 344 g/mol. The average molecular weight is 344 g/mol. The number of nitrogens with zero attached hydrogens (tertiary/aromatic N) is 2. The van der Waals surface area contributed by atoms with E-state index in [1.165, 1.54) is 8.61 Å². The van der Waals surface area contributed by atoms with E-state index in [-0.39, 0.29) is 6.54 Å². The van der Waals surface area contributed by atoms with Crippen LogP contribution in [0.15, 0.2) is 18.2 Å². The number of morpholine rings is 1. The smallest absolute Gasteiger partial charge is 0.282 e. The number of hydrogen-bond acceptors (Lipinski definition) is 5. The Hall–Kier alpha value is -1.35. The fraction of sp³-hybridized carbons (Fsp3) is 0.600. The maximum absolute atomic E-state index is 12.6. The fourth-order valence-electron chi connectivity index (χ4n) is 2.40. The van der Waals surface area contributed by atoms with Crippen LogP contribution in [-0.2, 0) is 21.5 Å². The molecule has 1 heterocycles. The molecule has 1 aliphatic rings. The zero-order valence-corrected chi connectivity index (χ0v) is 14.6. The van der Waals surface area contributed by atoms with Crippen molar-refractivity contribution in [2.75, 3.05) is 47.1 Å². The van der Waals surface area contributed by atoms with E-state index in [9.17, 15) is 8.42 Å². The maximum atomic E-state index is 12.6. The van der Waals surface area contributed by atoms with Crippen molar-refractivity contribution >= 4 is 10.2 Å². The standard InChI is InChI=1S/C15H24N2O5S/c1-4-22-14-6-5-13(11-15(14)20-3)12-16(2)23(18,19)17-7-9-21-10-8-17/h5-6,11H,4,7-10,12H2,1-3H3. The van der Waals surface area contributed by atoms with Gasteiger partial charge in [-0.1, -0.05) is 6.07 Å². The van der Waals surface area contributed by atoms with E-state index in [1.807, 2.05) is 13.0 Å². The molecule has 7 nitrogen and oxygen atoms in total. The van der Waals surface area contributed by atoms with Gasteiger partial charge in [0.2, 0.25) is 0 Å². The molecule has 1 aromatic rings. The van der Waals surface area contributed by atoms with Crippen LogP contribution in [0.25, 0.3) is 0 Å². The summed E-state index contributed by atoms with van der Waals surface area (Å²) in [5, 5.41) is 0. The van der Waals surface area contributed by atoms with Crippen LogP contribution in [0.4, 0.5) is 0 Å². The molecule has 1 fully saturated rings. The summed E-state index contributed by atoms with van der Waals surface area (Å²) >= 11 is 0. The zero-order chi connectivity index (χ0) is 16.9. The lowest BCUT2D eigenvalue weighted by Crippen LogP contribution is -2.47. The summed E-state index contributed by atoms with van der Waals surface area (Å²) in [5.74, 6) is 1.25. The van der Waals surface area contributed by atoms with Gasteiger partial charge in [-0.3, -0.25) is 0 Å². The van der Waals surface area contributed by atoms with Gasteiger partial charge in [-0.05, 0) is 24.6 Å².